The van der Waals surface area contributed by atoms with Crippen LogP contribution in [-0.4, -0.2) is 17.4 Å². The highest BCUT2D eigenvalue weighted by Gasteiger charge is 2.10. The Kier molecular flexibility index (Phi) is 4.35. The zero-order valence-corrected chi connectivity index (χ0v) is 10.0. The molecule has 0 fully saturated rings. The Morgan fingerprint density at radius 1 is 1.71 bits per heavy atom. The third-order valence-corrected chi connectivity index (χ3v) is 2.37. The summed E-state index contributed by atoms with van der Waals surface area (Å²) in [5.74, 6) is -0.185. The fourth-order valence-corrected chi connectivity index (χ4v) is 1.72. The fourth-order valence-electron chi connectivity index (χ4n) is 0.904. The van der Waals surface area contributed by atoms with E-state index >= 15 is 0 Å². The first-order valence-corrected chi connectivity index (χ1v) is 5.41. The molecule has 0 spiro atoms. The van der Waals surface area contributed by atoms with Crippen LogP contribution in [0, 0.1) is 0 Å². The van der Waals surface area contributed by atoms with Crippen molar-refractivity contribution in [3.63, 3.8) is 0 Å². The van der Waals surface area contributed by atoms with E-state index < -0.39 is 0 Å². The van der Waals surface area contributed by atoms with Crippen molar-refractivity contribution in [2.24, 2.45) is 0 Å². The van der Waals surface area contributed by atoms with Gasteiger partial charge in [-0.3, -0.25) is 4.79 Å². The molecule has 0 aliphatic carbocycles. The van der Waals surface area contributed by atoms with E-state index in [4.69, 9.17) is 11.6 Å². The van der Waals surface area contributed by atoms with Gasteiger partial charge in [-0.25, -0.2) is 4.98 Å². The molecule has 0 atom stereocenters. The second kappa shape index (κ2) is 5.32. The van der Waals surface area contributed by atoms with Crippen LogP contribution in [0.5, 0.6) is 0 Å². The van der Waals surface area contributed by atoms with Crippen LogP contribution in [0.15, 0.2) is 16.7 Å². The minimum absolute atomic E-state index is 0.185. The molecule has 0 radical (unpaired) electrons. The normalized spacial score (nSPS) is 9.93. The van der Waals surface area contributed by atoms with Crippen LogP contribution < -0.4 is 5.32 Å². The van der Waals surface area contributed by atoms with Gasteiger partial charge < -0.3 is 5.32 Å². The first kappa shape index (κ1) is 11.5. The quantitative estimate of drug-likeness (QED) is 0.923. The zero-order valence-electron chi connectivity index (χ0n) is 7.68. The summed E-state index contributed by atoms with van der Waals surface area (Å²) in [4.78, 5) is 15.4. The number of amides is 1. The monoisotopic (exact) mass is 276 g/mol. The molecule has 1 rings (SSSR count). The van der Waals surface area contributed by atoms with E-state index in [0.29, 0.717) is 21.7 Å². The van der Waals surface area contributed by atoms with Crippen LogP contribution in [0.1, 0.15) is 23.8 Å². The first-order chi connectivity index (χ1) is 6.65. The van der Waals surface area contributed by atoms with Crippen LogP contribution in [0.2, 0.25) is 5.02 Å². The van der Waals surface area contributed by atoms with Crippen molar-refractivity contribution < 1.29 is 4.79 Å². The van der Waals surface area contributed by atoms with Crippen molar-refractivity contribution in [2.45, 2.75) is 13.3 Å². The van der Waals surface area contributed by atoms with Crippen molar-refractivity contribution in [3.05, 3.63) is 27.5 Å². The number of carbonyl (C=O) groups excluding carboxylic acids is 1. The number of rotatable bonds is 3. The summed E-state index contributed by atoms with van der Waals surface area (Å²) in [6.07, 6.45) is 2.35. The van der Waals surface area contributed by atoms with Gasteiger partial charge in [-0.05, 0) is 28.4 Å². The average Bonchev–Trinajstić information content (AvgIpc) is 2.14. The van der Waals surface area contributed by atoms with Crippen molar-refractivity contribution in [3.8, 4) is 0 Å². The SMILES string of the molecule is CCCNC(=O)c1ncc(Cl)cc1Br. The van der Waals surface area contributed by atoms with Gasteiger partial charge in [0, 0.05) is 12.7 Å². The molecular weight excluding hydrogens is 267 g/mol. The number of nitrogens with zero attached hydrogens (tertiary/aromatic N) is 1. The van der Waals surface area contributed by atoms with Crippen LogP contribution in [0.3, 0.4) is 0 Å². The highest BCUT2D eigenvalue weighted by molar-refractivity contribution is 9.10. The Morgan fingerprint density at radius 3 is 3.00 bits per heavy atom. The standard InChI is InChI=1S/C9H10BrClN2O/c1-2-3-12-9(14)8-7(10)4-6(11)5-13-8/h4-5H,2-3H2,1H3,(H,12,14). The van der Waals surface area contributed by atoms with E-state index in [-0.39, 0.29) is 5.91 Å². The fraction of sp³-hybridized carbons (Fsp3) is 0.333. The maximum absolute atomic E-state index is 11.5. The minimum atomic E-state index is -0.185. The third-order valence-electron chi connectivity index (χ3n) is 1.56. The summed E-state index contributed by atoms with van der Waals surface area (Å²) in [6.45, 7) is 2.64. The smallest absolute Gasteiger partial charge is 0.271 e. The lowest BCUT2D eigenvalue weighted by atomic mass is 10.3. The van der Waals surface area contributed by atoms with Gasteiger partial charge in [0.05, 0.1) is 9.50 Å². The van der Waals surface area contributed by atoms with E-state index in [1.165, 1.54) is 6.20 Å². The van der Waals surface area contributed by atoms with Gasteiger partial charge in [-0.1, -0.05) is 18.5 Å². The number of hydrogen-bond acceptors (Lipinski definition) is 2. The molecule has 1 N–H and O–H groups in total. The highest BCUT2D eigenvalue weighted by atomic mass is 79.9. The first-order valence-electron chi connectivity index (χ1n) is 4.24. The zero-order chi connectivity index (χ0) is 10.6. The largest absolute Gasteiger partial charge is 0.351 e. The van der Waals surface area contributed by atoms with Crippen LogP contribution in [0.25, 0.3) is 0 Å². The van der Waals surface area contributed by atoms with Crippen LogP contribution in [-0.2, 0) is 0 Å². The molecule has 0 saturated heterocycles. The van der Waals surface area contributed by atoms with Gasteiger partial charge in [0.15, 0.2) is 0 Å². The Hall–Kier alpha value is -0.610. The lowest BCUT2D eigenvalue weighted by Crippen LogP contribution is -2.25. The summed E-state index contributed by atoms with van der Waals surface area (Å²) < 4.78 is 0.610. The van der Waals surface area contributed by atoms with E-state index in [1.807, 2.05) is 6.92 Å². The van der Waals surface area contributed by atoms with Crippen molar-refractivity contribution >= 4 is 33.4 Å². The maximum Gasteiger partial charge on any atom is 0.271 e. The summed E-state index contributed by atoms with van der Waals surface area (Å²) in [5, 5.41) is 3.24. The molecule has 0 aliphatic heterocycles. The molecule has 76 valence electrons. The van der Waals surface area contributed by atoms with Crippen LogP contribution >= 0.6 is 27.5 Å². The van der Waals surface area contributed by atoms with Gasteiger partial charge >= 0.3 is 0 Å². The molecule has 1 heterocycles. The van der Waals surface area contributed by atoms with E-state index in [9.17, 15) is 4.79 Å². The number of halogens is 2. The number of hydrogen-bond donors (Lipinski definition) is 1. The Balaban J connectivity index is 2.80. The second-order valence-corrected chi connectivity index (χ2v) is 4.03. The lowest BCUT2D eigenvalue weighted by molar-refractivity contribution is 0.0948. The Bertz CT molecular complexity index is 344. The molecule has 0 unspecified atom stereocenters. The minimum Gasteiger partial charge on any atom is -0.351 e. The topological polar surface area (TPSA) is 42.0 Å². The predicted octanol–water partition coefficient (Wildman–Crippen LogP) is 2.64. The molecule has 0 aromatic carbocycles. The molecule has 5 heteroatoms. The summed E-state index contributed by atoms with van der Waals surface area (Å²) in [6, 6.07) is 1.65. The van der Waals surface area contributed by atoms with E-state index in [2.05, 4.69) is 26.2 Å². The lowest BCUT2D eigenvalue weighted by Gasteiger charge is -2.04. The molecule has 1 amide bonds. The second-order valence-electron chi connectivity index (χ2n) is 2.74. The van der Waals surface area contributed by atoms with Crippen molar-refractivity contribution in [1.29, 1.82) is 0 Å². The number of aromatic nitrogens is 1. The van der Waals surface area contributed by atoms with Crippen molar-refractivity contribution in [2.75, 3.05) is 6.54 Å². The van der Waals surface area contributed by atoms with E-state index in [1.54, 1.807) is 6.07 Å². The average molecular weight is 278 g/mol. The Morgan fingerprint density at radius 2 is 2.43 bits per heavy atom. The number of pyridine rings is 1. The molecule has 0 bridgehead atoms. The Labute approximate surface area is 96.0 Å². The molecule has 0 aliphatic rings. The van der Waals surface area contributed by atoms with Gasteiger partial charge in [0.1, 0.15) is 5.69 Å². The predicted molar refractivity (Wildman–Crippen MR) is 59.6 cm³/mol. The molecule has 3 nitrogen and oxygen atoms in total. The molecule has 1 aromatic heterocycles. The van der Waals surface area contributed by atoms with Crippen LogP contribution in [0.4, 0.5) is 0 Å². The summed E-state index contributed by atoms with van der Waals surface area (Å²) in [5.41, 5.74) is 0.364. The van der Waals surface area contributed by atoms with E-state index in [0.717, 1.165) is 6.42 Å². The molecule has 0 saturated carbocycles. The summed E-state index contributed by atoms with van der Waals surface area (Å²) >= 11 is 8.93. The van der Waals surface area contributed by atoms with Crippen molar-refractivity contribution in [1.82, 2.24) is 10.3 Å². The van der Waals surface area contributed by atoms with Gasteiger partial charge in [-0.2, -0.15) is 0 Å². The summed E-state index contributed by atoms with van der Waals surface area (Å²) in [7, 11) is 0. The molecular formula is C9H10BrClN2O. The molecule has 14 heavy (non-hydrogen) atoms. The van der Waals surface area contributed by atoms with Gasteiger partial charge in [0.25, 0.3) is 5.91 Å². The molecule has 1 aromatic rings. The third kappa shape index (κ3) is 2.96. The highest BCUT2D eigenvalue weighted by Crippen LogP contribution is 2.18. The number of nitrogens with one attached hydrogen (secondary N) is 1. The van der Waals surface area contributed by atoms with Gasteiger partial charge in [-0.15, -0.1) is 0 Å². The number of carbonyl (C=O) groups is 1. The maximum atomic E-state index is 11.5. The van der Waals surface area contributed by atoms with Gasteiger partial charge in [0.2, 0.25) is 0 Å².